The van der Waals surface area contributed by atoms with Crippen molar-refractivity contribution in [2.45, 2.75) is 46.7 Å². The Balaban J connectivity index is 0. The maximum atomic E-state index is 11.3. The van der Waals surface area contributed by atoms with Crippen LogP contribution in [-0.4, -0.2) is 17.9 Å². The van der Waals surface area contributed by atoms with E-state index in [9.17, 15) is 4.79 Å². The highest BCUT2D eigenvalue weighted by molar-refractivity contribution is 5.85. The van der Waals surface area contributed by atoms with Crippen LogP contribution in [-0.2, 0) is 4.79 Å². The number of nitrogens with one attached hydrogen (secondary N) is 1. The van der Waals surface area contributed by atoms with Gasteiger partial charge in [-0.25, -0.2) is 0 Å². The minimum atomic E-state index is -0.00463. The van der Waals surface area contributed by atoms with Crippen LogP contribution in [0.5, 0.6) is 0 Å². The Labute approximate surface area is 82.4 Å². The molecule has 0 saturated heterocycles. The van der Waals surface area contributed by atoms with Gasteiger partial charge in [-0.05, 0) is 6.92 Å². The lowest BCUT2D eigenvalue weighted by atomic mass is 10.0. The number of ketones is 1. The first kappa shape index (κ1) is 14.9. The Morgan fingerprint density at radius 1 is 1.08 bits per heavy atom. The first-order valence-electron chi connectivity index (χ1n) is 4.75. The second-order valence-corrected chi connectivity index (χ2v) is 3.60. The summed E-state index contributed by atoms with van der Waals surface area (Å²) in [5.41, 5.74) is 0. The summed E-state index contributed by atoms with van der Waals surface area (Å²) in [6.45, 7) is 15.9. The molecule has 0 aromatic carbocycles. The van der Waals surface area contributed by atoms with Gasteiger partial charge in [0.05, 0.1) is 6.04 Å². The third-order valence-electron chi connectivity index (χ3n) is 1.58. The van der Waals surface area contributed by atoms with Crippen LogP contribution in [0.15, 0.2) is 13.2 Å². The summed E-state index contributed by atoms with van der Waals surface area (Å²) in [4.78, 5) is 11.3. The predicted molar refractivity (Wildman–Crippen MR) is 58.8 cm³/mol. The molecule has 0 aromatic heterocycles. The lowest BCUT2D eigenvalue weighted by Gasteiger charge is -2.17. The molecule has 0 rings (SSSR count). The van der Waals surface area contributed by atoms with Crippen molar-refractivity contribution < 1.29 is 4.79 Å². The van der Waals surface area contributed by atoms with Crippen molar-refractivity contribution in [2.24, 2.45) is 5.92 Å². The molecule has 13 heavy (non-hydrogen) atoms. The van der Waals surface area contributed by atoms with Crippen LogP contribution in [0.25, 0.3) is 0 Å². The SMILES string of the molecule is C=C.CC(C)NC(C)C(=O)C(C)C. The van der Waals surface area contributed by atoms with Crippen LogP contribution >= 0.6 is 0 Å². The fourth-order valence-electron chi connectivity index (χ4n) is 1.08. The Morgan fingerprint density at radius 3 is 1.69 bits per heavy atom. The highest BCUT2D eigenvalue weighted by Crippen LogP contribution is 1.99. The quantitative estimate of drug-likeness (QED) is 0.681. The van der Waals surface area contributed by atoms with Crippen LogP contribution in [0.4, 0.5) is 0 Å². The van der Waals surface area contributed by atoms with Crippen molar-refractivity contribution in [1.82, 2.24) is 5.32 Å². The van der Waals surface area contributed by atoms with Crippen molar-refractivity contribution in [3.63, 3.8) is 0 Å². The van der Waals surface area contributed by atoms with Crippen molar-refractivity contribution in [3.05, 3.63) is 13.2 Å². The summed E-state index contributed by atoms with van der Waals surface area (Å²) >= 11 is 0. The minimum absolute atomic E-state index is 0.00463. The number of carbonyl (C=O) groups excluding carboxylic acids is 1. The van der Waals surface area contributed by atoms with Gasteiger partial charge in [-0.3, -0.25) is 4.79 Å². The van der Waals surface area contributed by atoms with Crippen LogP contribution in [0.3, 0.4) is 0 Å². The maximum Gasteiger partial charge on any atom is 0.151 e. The van der Waals surface area contributed by atoms with Gasteiger partial charge in [0.2, 0.25) is 0 Å². The predicted octanol–water partition coefficient (Wildman–Crippen LogP) is 2.40. The van der Waals surface area contributed by atoms with Crippen molar-refractivity contribution in [3.8, 4) is 0 Å². The number of hydrogen-bond acceptors (Lipinski definition) is 2. The third-order valence-corrected chi connectivity index (χ3v) is 1.58. The molecule has 0 aromatic rings. The Bertz CT molecular complexity index is 141. The van der Waals surface area contributed by atoms with E-state index in [0.29, 0.717) is 11.8 Å². The van der Waals surface area contributed by atoms with Gasteiger partial charge in [-0.2, -0.15) is 0 Å². The van der Waals surface area contributed by atoms with Gasteiger partial charge >= 0.3 is 0 Å². The van der Waals surface area contributed by atoms with E-state index in [4.69, 9.17) is 0 Å². The van der Waals surface area contributed by atoms with Crippen LogP contribution in [0.2, 0.25) is 0 Å². The fourth-order valence-corrected chi connectivity index (χ4v) is 1.08. The maximum absolute atomic E-state index is 11.3. The zero-order valence-corrected chi connectivity index (χ0v) is 9.55. The van der Waals surface area contributed by atoms with Gasteiger partial charge in [0.15, 0.2) is 5.78 Å². The molecule has 2 nitrogen and oxygen atoms in total. The van der Waals surface area contributed by atoms with Crippen LogP contribution < -0.4 is 5.32 Å². The van der Waals surface area contributed by atoms with E-state index < -0.39 is 0 Å². The van der Waals surface area contributed by atoms with Gasteiger partial charge in [0.1, 0.15) is 0 Å². The van der Waals surface area contributed by atoms with Crippen LogP contribution in [0.1, 0.15) is 34.6 Å². The molecular weight excluding hydrogens is 162 g/mol. The average molecular weight is 185 g/mol. The van der Waals surface area contributed by atoms with E-state index >= 15 is 0 Å². The summed E-state index contributed by atoms with van der Waals surface area (Å²) in [6, 6.07) is 0.377. The Kier molecular flexibility index (Phi) is 9.14. The molecule has 0 bridgehead atoms. The molecule has 1 atom stereocenters. The summed E-state index contributed by atoms with van der Waals surface area (Å²) < 4.78 is 0. The van der Waals surface area contributed by atoms with E-state index in [2.05, 4.69) is 18.5 Å². The molecule has 1 N–H and O–H groups in total. The molecule has 0 radical (unpaired) electrons. The number of rotatable bonds is 4. The molecule has 78 valence electrons. The second-order valence-electron chi connectivity index (χ2n) is 3.60. The summed E-state index contributed by atoms with van der Waals surface area (Å²) in [5, 5.41) is 3.17. The number of carbonyl (C=O) groups is 1. The topological polar surface area (TPSA) is 29.1 Å². The molecule has 0 heterocycles. The highest BCUT2D eigenvalue weighted by atomic mass is 16.1. The van der Waals surface area contributed by atoms with E-state index in [1.54, 1.807) is 0 Å². The molecule has 0 aliphatic carbocycles. The van der Waals surface area contributed by atoms with Crippen molar-refractivity contribution in [2.75, 3.05) is 0 Å². The molecule has 1 unspecified atom stereocenters. The van der Waals surface area contributed by atoms with E-state index in [-0.39, 0.29) is 12.0 Å². The van der Waals surface area contributed by atoms with E-state index in [1.807, 2.05) is 34.6 Å². The fraction of sp³-hybridized carbons (Fsp3) is 0.727. The third kappa shape index (κ3) is 7.72. The molecule has 0 fully saturated rings. The van der Waals surface area contributed by atoms with Gasteiger partial charge in [0, 0.05) is 12.0 Å². The van der Waals surface area contributed by atoms with Crippen molar-refractivity contribution in [1.29, 1.82) is 0 Å². The molecule has 0 amide bonds. The number of Topliss-reactive ketones (excluding diaryl/α,β-unsaturated/α-hetero) is 1. The van der Waals surface area contributed by atoms with Gasteiger partial charge < -0.3 is 5.32 Å². The van der Waals surface area contributed by atoms with E-state index in [0.717, 1.165) is 0 Å². The summed E-state index contributed by atoms with van der Waals surface area (Å²) in [6.07, 6.45) is 0. The molecule has 0 aliphatic rings. The van der Waals surface area contributed by atoms with Gasteiger partial charge in [-0.1, -0.05) is 27.7 Å². The standard InChI is InChI=1S/C9H19NO.C2H4/c1-6(2)9(11)8(5)10-7(3)4;1-2/h6-8,10H,1-5H3;1-2H2. The Morgan fingerprint density at radius 2 is 1.46 bits per heavy atom. The van der Waals surface area contributed by atoms with Crippen molar-refractivity contribution >= 4 is 5.78 Å². The molecular formula is C11H23NO. The second kappa shape index (κ2) is 7.99. The summed E-state index contributed by atoms with van der Waals surface area (Å²) in [7, 11) is 0. The highest BCUT2D eigenvalue weighted by Gasteiger charge is 2.15. The molecule has 0 saturated carbocycles. The summed E-state index contributed by atoms with van der Waals surface area (Å²) in [5.74, 6) is 0.426. The first-order valence-corrected chi connectivity index (χ1v) is 4.75. The Hall–Kier alpha value is -0.630. The molecule has 2 heteroatoms. The zero-order valence-electron chi connectivity index (χ0n) is 9.55. The normalized spacial score (nSPS) is 12.2. The monoisotopic (exact) mass is 185 g/mol. The first-order chi connectivity index (χ1) is 5.95. The van der Waals surface area contributed by atoms with Crippen LogP contribution in [0, 0.1) is 5.92 Å². The molecule has 0 spiro atoms. The lowest BCUT2D eigenvalue weighted by Crippen LogP contribution is -2.40. The van der Waals surface area contributed by atoms with Gasteiger partial charge in [-0.15, -0.1) is 13.2 Å². The van der Waals surface area contributed by atoms with Gasteiger partial charge in [0.25, 0.3) is 0 Å². The largest absolute Gasteiger partial charge is 0.305 e. The number of hydrogen-bond donors (Lipinski definition) is 1. The average Bonchev–Trinajstić information content (AvgIpc) is 2.05. The molecule has 0 aliphatic heterocycles. The lowest BCUT2D eigenvalue weighted by molar-refractivity contribution is -0.123. The minimum Gasteiger partial charge on any atom is -0.305 e. The zero-order chi connectivity index (χ0) is 11.0. The van der Waals surface area contributed by atoms with E-state index in [1.165, 1.54) is 0 Å². The smallest absolute Gasteiger partial charge is 0.151 e.